The molecule has 6 heteroatoms. The number of likely N-dealkylation sites (tertiary alicyclic amines) is 1. The molecule has 0 aliphatic carbocycles. The zero-order valence-electron chi connectivity index (χ0n) is 18.8. The van der Waals surface area contributed by atoms with E-state index in [1.54, 1.807) is 36.3 Å². The number of likely N-dealkylation sites (N-methyl/N-ethyl adjacent to an activating group) is 1. The molecule has 164 valence electrons. The lowest BCUT2D eigenvalue weighted by Crippen LogP contribution is -2.35. The molecule has 2 aromatic rings. The van der Waals surface area contributed by atoms with Crippen molar-refractivity contribution < 1.29 is 19.4 Å². The average molecular weight is 423 g/mol. The number of aliphatic hydroxyl groups is 1. The molecule has 1 amide bonds. The summed E-state index contributed by atoms with van der Waals surface area (Å²) < 4.78 is 5.17. The normalized spacial score (nSPS) is 18.3. The Labute approximate surface area is 183 Å². The van der Waals surface area contributed by atoms with Gasteiger partial charge in [-0.3, -0.25) is 9.59 Å². The van der Waals surface area contributed by atoms with Crippen LogP contribution in [0.15, 0.2) is 54.1 Å². The number of methoxy groups -OCH3 is 1. The van der Waals surface area contributed by atoms with Gasteiger partial charge in [-0.05, 0) is 55.4 Å². The van der Waals surface area contributed by atoms with Crippen molar-refractivity contribution in [2.75, 3.05) is 34.3 Å². The van der Waals surface area contributed by atoms with Gasteiger partial charge in [0.15, 0.2) is 0 Å². The highest BCUT2D eigenvalue weighted by Crippen LogP contribution is 2.39. The van der Waals surface area contributed by atoms with E-state index in [-0.39, 0.29) is 11.3 Å². The van der Waals surface area contributed by atoms with Gasteiger partial charge in [0.2, 0.25) is 0 Å². The van der Waals surface area contributed by atoms with Gasteiger partial charge in [-0.15, -0.1) is 0 Å². The third-order valence-electron chi connectivity index (χ3n) is 5.61. The average Bonchev–Trinajstić information content (AvgIpc) is 3.02. The molecule has 0 spiro atoms. The molecule has 6 nitrogen and oxygen atoms in total. The van der Waals surface area contributed by atoms with E-state index >= 15 is 0 Å². The summed E-state index contributed by atoms with van der Waals surface area (Å²) in [6, 6.07) is 14.1. The van der Waals surface area contributed by atoms with Crippen molar-refractivity contribution >= 4 is 17.4 Å². The van der Waals surface area contributed by atoms with Crippen molar-refractivity contribution in [2.45, 2.75) is 25.8 Å². The molecule has 1 N–H and O–H groups in total. The number of Topliss-reactive ketones (excluding diaryl/α,β-unsaturated/α-hetero) is 1. The van der Waals surface area contributed by atoms with E-state index in [2.05, 4.69) is 13.8 Å². The Morgan fingerprint density at radius 3 is 2.19 bits per heavy atom. The first-order valence-electron chi connectivity index (χ1n) is 10.4. The van der Waals surface area contributed by atoms with Crippen LogP contribution in [-0.4, -0.2) is 60.9 Å². The van der Waals surface area contributed by atoms with Gasteiger partial charge in [-0.1, -0.05) is 38.1 Å². The van der Waals surface area contributed by atoms with Crippen LogP contribution in [0.2, 0.25) is 0 Å². The van der Waals surface area contributed by atoms with Crippen molar-refractivity contribution in [2.24, 2.45) is 0 Å². The molecule has 1 fully saturated rings. The third kappa shape index (κ3) is 4.64. The molecule has 0 aromatic heterocycles. The number of amides is 1. The van der Waals surface area contributed by atoms with Gasteiger partial charge < -0.3 is 19.6 Å². The second-order valence-electron chi connectivity index (χ2n) is 8.35. The van der Waals surface area contributed by atoms with E-state index in [0.29, 0.717) is 30.3 Å². The highest BCUT2D eigenvalue weighted by Gasteiger charge is 2.45. The third-order valence-corrected chi connectivity index (χ3v) is 5.61. The number of rotatable bonds is 7. The number of hydrogen-bond acceptors (Lipinski definition) is 5. The molecule has 0 radical (unpaired) electrons. The summed E-state index contributed by atoms with van der Waals surface area (Å²) >= 11 is 0. The van der Waals surface area contributed by atoms with Crippen molar-refractivity contribution in [3.8, 4) is 5.75 Å². The predicted octanol–water partition coefficient (Wildman–Crippen LogP) is 3.80. The monoisotopic (exact) mass is 422 g/mol. The molecule has 1 atom stereocenters. The van der Waals surface area contributed by atoms with E-state index in [1.165, 1.54) is 5.56 Å². The zero-order chi connectivity index (χ0) is 22.7. The minimum atomic E-state index is -0.662. The maximum absolute atomic E-state index is 13.0. The number of carbonyl (C=O) groups excluding carboxylic acids is 2. The smallest absolute Gasteiger partial charge is 0.295 e. The first kappa shape index (κ1) is 22.6. The van der Waals surface area contributed by atoms with E-state index in [0.717, 1.165) is 5.56 Å². The summed E-state index contributed by atoms with van der Waals surface area (Å²) in [5.41, 5.74) is 2.56. The van der Waals surface area contributed by atoms with Crippen LogP contribution in [0.5, 0.6) is 5.75 Å². The summed E-state index contributed by atoms with van der Waals surface area (Å²) in [7, 11) is 5.40. The Morgan fingerprint density at radius 1 is 1.06 bits per heavy atom. The largest absolute Gasteiger partial charge is 0.507 e. The van der Waals surface area contributed by atoms with E-state index in [1.807, 2.05) is 43.3 Å². The van der Waals surface area contributed by atoms with Gasteiger partial charge >= 0.3 is 0 Å². The summed E-state index contributed by atoms with van der Waals surface area (Å²) in [6.45, 7) is 5.22. The number of benzene rings is 2. The zero-order valence-corrected chi connectivity index (χ0v) is 18.8. The highest BCUT2D eigenvalue weighted by molar-refractivity contribution is 6.46. The van der Waals surface area contributed by atoms with Crippen LogP contribution in [-0.2, 0) is 9.59 Å². The SMILES string of the molecule is COc1ccc(C(O)=C2C(=O)C(=O)N(CCN(C)C)[C@@H]2c2ccc(C(C)C)cc2)cc1. The van der Waals surface area contributed by atoms with Gasteiger partial charge in [0.05, 0.1) is 18.7 Å². The molecule has 1 aliphatic rings. The minimum Gasteiger partial charge on any atom is -0.507 e. The Kier molecular flexibility index (Phi) is 6.81. The predicted molar refractivity (Wildman–Crippen MR) is 121 cm³/mol. The quantitative estimate of drug-likeness (QED) is 0.418. The number of ketones is 1. The van der Waals surface area contributed by atoms with Crippen molar-refractivity contribution in [3.05, 3.63) is 70.8 Å². The molecule has 0 unspecified atom stereocenters. The Bertz CT molecular complexity index is 976. The maximum atomic E-state index is 13.0. The lowest BCUT2D eigenvalue weighted by molar-refractivity contribution is -0.140. The molecule has 0 bridgehead atoms. The van der Waals surface area contributed by atoms with Gasteiger partial charge in [-0.25, -0.2) is 0 Å². The van der Waals surface area contributed by atoms with Crippen LogP contribution in [0.3, 0.4) is 0 Å². The first-order chi connectivity index (χ1) is 14.7. The van der Waals surface area contributed by atoms with E-state index < -0.39 is 17.7 Å². The van der Waals surface area contributed by atoms with Gasteiger partial charge in [0, 0.05) is 18.7 Å². The van der Waals surface area contributed by atoms with Crippen LogP contribution in [0.1, 0.15) is 42.5 Å². The molecule has 3 rings (SSSR count). The summed E-state index contributed by atoms with van der Waals surface area (Å²) in [5.74, 6) is -0.414. The standard InChI is InChI=1S/C25H30N2O4/c1-16(2)17-6-8-18(9-7-17)22-21(23(28)19-10-12-20(31-5)13-11-19)24(29)25(30)27(22)15-14-26(3)4/h6-13,16,22,28H,14-15H2,1-5H3/t22-/m1/s1. The number of nitrogens with zero attached hydrogens (tertiary/aromatic N) is 2. The molecular weight excluding hydrogens is 392 g/mol. The number of ether oxygens (including phenoxy) is 1. The summed E-state index contributed by atoms with van der Waals surface area (Å²) in [5, 5.41) is 11.1. The molecule has 0 saturated carbocycles. The second-order valence-corrected chi connectivity index (χ2v) is 8.35. The highest BCUT2D eigenvalue weighted by atomic mass is 16.5. The fourth-order valence-electron chi connectivity index (χ4n) is 3.73. The molecule has 1 saturated heterocycles. The molecule has 1 aliphatic heterocycles. The number of carbonyl (C=O) groups is 2. The lowest BCUT2D eigenvalue weighted by Gasteiger charge is -2.27. The Balaban J connectivity index is 2.11. The van der Waals surface area contributed by atoms with E-state index in [9.17, 15) is 14.7 Å². The fourth-order valence-corrected chi connectivity index (χ4v) is 3.73. The fraction of sp³-hybridized carbons (Fsp3) is 0.360. The van der Waals surface area contributed by atoms with Crippen LogP contribution >= 0.6 is 0 Å². The van der Waals surface area contributed by atoms with Gasteiger partial charge in [-0.2, -0.15) is 0 Å². The second kappa shape index (κ2) is 9.35. The molecule has 31 heavy (non-hydrogen) atoms. The van der Waals surface area contributed by atoms with Gasteiger partial charge in [0.25, 0.3) is 11.7 Å². The van der Waals surface area contributed by atoms with Crippen molar-refractivity contribution in [1.82, 2.24) is 9.80 Å². The number of aliphatic hydroxyl groups excluding tert-OH is 1. The van der Waals surface area contributed by atoms with Crippen LogP contribution in [0.25, 0.3) is 5.76 Å². The van der Waals surface area contributed by atoms with E-state index in [4.69, 9.17) is 4.74 Å². The van der Waals surface area contributed by atoms with Crippen LogP contribution in [0, 0.1) is 0 Å². The lowest BCUT2D eigenvalue weighted by atomic mass is 9.93. The van der Waals surface area contributed by atoms with Crippen molar-refractivity contribution in [3.63, 3.8) is 0 Å². The maximum Gasteiger partial charge on any atom is 0.295 e. The molecular formula is C25H30N2O4. The molecule has 1 heterocycles. The Morgan fingerprint density at radius 2 is 1.68 bits per heavy atom. The minimum absolute atomic E-state index is 0.117. The van der Waals surface area contributed by atoms with Crippen LogP contribution in [0.4, 0.5) is 0 Å². The number of hydrogen-bond donors (Lipinski definition) is 1. The Hall–Kier alpha value is -3.12. The van der Waals surface area contributed by atoms with Crippen molar-refractivity contribution in [1.29, 1.82) is 0 Å². The first-order valence-corrected chi connectivity index (χ1v) is 10.4. The van der Waals surface area contributed by atoms with Gasteiger partial charge in [0.1, 0.15) is 11.5 Å². The van der Waals surface area contributed by atoms with Crippen LogP contribution < -0.4 is 4.74 Å². The summed E-state index contributed by atoms with van der Waals surface area (Å²) in [6.07, 6.45) is 0. The summed E-state index contributed by atoms with van der Waals surface area (Å²) in [4.78, 5) is 29.4. The topological polar surface area (TPSA) is 70.1 Å². The molecule has 2 aromatic carbocycles.